The summed E-state index contributed by atoms with van der Waals surface area (Å²) in [6, 6.07) is 5.80. The number of benzene rings is 1. The van der Waals surface area contributed by atoms with Crippen LogP contribution >= 0.6 is 28.3 Å². The Hall–Kier alpha value is -0.580. The Morgan fingerprint density at radius 1 is 1.50 bits per heavy atom. The largest absolute Gasteiger partial charge is 0.338 e. The minimum atomic E-state index is 0. The number of aryl methyl sites for hydroxylation is 1. The van der Waals surface area contributed by atoms with Gasteiger partial charge in [0.25, 0.3) is 5.91 Å². The topological polar surface area (TPSA) is 46.3 Å². The maximum Gasteiger partial charge on any atom is 0.253 e. The normalized spacial score (nSPS) is 18.6. The molecule has 1 heterocycles. The summed E-state index contributed by atoms with van der Waals surface area (Å²) in [6.45, 7) is 4.44. The van der Waals surface area contributed by atoms with Gasteiger partial charge in [0.1, 0.15) is 0 Å². The van der Waals surface area contributed by atoms with Crippen LogP contribution in [0.15, 0.2) is 22.7 Å². The van der Waals surface area contributed by atoms with Gasteiger partial charge in [-0.1, -0.05) is 15.9 Å². The molecule has 1 unspecified atom stereocenters. The van der Waals surface area contributed by atoms with Gasteiger partial charge in [0.05, 0.1) is 0 Å². The van der Waals surface area contributed by atoms with Crippen LogP contribution in [0.2, 0.25) is 0 Å². The van der Waals surface area contributed by atoms with Crippen molar-refractivity contribution >= 4 is 34.2 Å². The first-order valence-corrected chi connectivity index (χ1v) is 7.66. The van der Waals surface area contributed by atoms with Crippen LogP contribution in [0.4, 0.5) is 0 Å². The van der Waals surface area contributed by atoms with Gasteiger partial charge in [-0.25, -0.2) is 0 Å². The summed E-state index contributed by atoms with van der Waals surface area (Å²) in [5.41, 5.74) is 7.50. The number of hydrogen-bond acceptors (Lipinski definition) is 2. The second kappa shape index (κ2) is 8.01. The van der Waals surface area contributed by atoms with Gasteiger partial charge in [-0.15, -0.1) is 12.4 Å². The third-order valence-electron chi connectivity index (χ3n) is 3.79. The Morgan fingerprint density at radius 2 is 2.25 bits per heavy atom. The van der Waals surface area contributed by atoms with Gasteiger partial charge in [0.2, 0.25) is 0 Å². The summed E-state index contributed by atoms with van der Waals surface area (Å²) >= 11 is 3.47. The van der Waals surface area contributed by atoms with Crippen molar-refractivity contribution in [3.63, 3.8) is 0 Å². The third-order valence-corrected chi connectivity index (χ3v) is 4.68. The molecule has 5 heteroatoms. The van der Waals surface area contributed by atoms with E-state index in [9.17, 15) is 4.79 Å². The smallest absolute Gasteiger partial charge is 0.253 e. The molecule has 1 amide bonds. The number of hydrogen-bond donors (Lipinski definition) is 1. The molecule has 1 saturated heterocycles. The third kappa shape index (κ3) is 4.21. The van der Waals surface area contributed by atoms with E-state index in [1.54, 1.807) is 0 Å². The average Bonchev–Trinajstić information content (AvgIpc) is 2.42. The monoisotopic (exact) mass is 360 g/mol. The molecule has 0 spiro atoms. The van der Waals surface area contributed by atoms with Crippen LogP contribution in [0, 0.1) is 12.8 Å². The van der Waals surface area contributed by atoms with Crippen LogP contribution in [-0.4, -0.2) is 30.4 Å². The number of carbonyl (C=O) groups excluding carboxylic acids is 1. The van der Waals surface area contributed by atoms with E-state index in [-0.39, 0.29) is 18.3 Å². The Balaban J connectivity index is 0.00000200. The number of rotatable bonds is 3. The first kappa shape index (κ1) is 17.5. The molecule has 0 saturated carbocycles. The highest BCUT2D eigenvalue weighted by atomic mass is 79.9. The molecule has 2 N–H and O–H groups in total. The number of carbonyl (C=O) groups is 1. The zero-order chi connectivity index (χ0) is 13.8. The fourth-order valence-electron chi connectivity index (χ4n) is 2.68. The first-order chi connectivity index (χ1) is 9.11. The van der Waals surface area contributed by atoms with E-state index in [2.05, 4.69) is 15.9 Å². The fraction of sp³-hybridized carbons (Fsp3) is 0.533. The van der Waals surface area contributed by atoms with E-state index in [1.165, 1.54) is 6.42 Å². The highest BCUT2D eigenvalue weighted by Gasteiger charge is 2.24. The Labute approximate surface area is 135 Å². The summed E-state index contributed by atoms with van der Waals surface area (Å²) < 4.78 is 1.05. The molecular formula is C15H22BrClN2O. The van der Waals surface area contributed by atoms with E-state index in [0.29, 0.717) is 12.5 Å². The van der Waals surface area contributed by atoms with E-state index in [0.717, 1.165) is 41.5 Å². The van der Waals surface area contributed by atoms with Crippen molar-refractivity contribution in [2.24, 2.45) is 11.7 Å². The summed E-state index contributed by atoms with van der Waals surface area (Å²) in [6.07, 6.45) is 3.30. The lowest BCUT2D eigenvalue weighted by Crippen LogP contribution is -2.40. The number of likely N-dealkylation sites (tertiary alicyclic amines) is 1. The maximum absolute atomic E-state index is 12.5. The van der Waals surface area contributed by atoms with E-state index in [4.69, 9.17) is 5.73 Å². The van der Waals surface area contributed by atoms with Gasteiger partial charge in [0.15, 0.2) is 0 Å². The molecule has 1 aromatic rings. The molecule has 112 valence electrons. The number of amides is 1. The molecule has 1 aromatic carbocycles. The van der Waals surface area contributed by atoms with Crippen molar-refractivity contribution in [1.82, 2.24) is 4.90 Å². The molecule has 0 bridgehead atoms. The zero-order valence-electron chi connectivity index (χ0n) is 11.8. The Kier molecular flexibility index (Phi) is 7.00. The lowest BCUT2D eigenvalue weighted by Gasteiger charge is -2.32. The number of nitrogens with two attached hydrogens (primary N) is 1. The second-order valence-electron chi connectivity index (χ2n) is 5.30. The molecule has 0 aliphatic carbocycles. The lowest BCUT2D eigenvalue weighted by atomic mass is 9.94. The summed E-state index contributed by atoms with van der Waals surface area (Å²) in [4.78, 5) is 14.5. The van der Waals surface area contributed by atoms with E-state index < -0.39 is 0 Å². The molecular weight excluding hydrogens is 340 g/mol. The first-order valence-electron chi connectivity index (χ1n) is 6.87. The number of piperidine rings is 1. The number of nitrogens with zero attached hydrogens (tertiary/aromatic N) is 1. The van der Waals surface area contributed by atoms with Gasteiger partial charge in [-0.3, -0.25) is 4.79 Å². The molecule has 1 aliphatic rings. The summed E-state index contributed by atoms with van der Waals surface area (Å²) in [5, 5.41) is 0. The van der Waals surface area contributed by atoms with Crippen LogP contribution in [-0.2, 0) is 0 Å². The maximum atomic E-state index is 12.5. The van der Waals surface area contributed by atoms with Gasteiger partial charge in [-0.05, 0) is 62.4 Å². The van der Waals surface area contributed by atoms with Crippen LogP contribution in [0.25, 0.3) is 0 Å². The van der Waals surface area contributed by atoms with Gasteiger partial charge >= 0.3 is 0 Å². The highest BCUT2D eigenvalue weighted by molar-refractivity contribution is 9.10. The summed E-state index contributed by atoms with van der Waals surface area (Å²) in [7, 11) is 0. The number of halogens is 2. The Morgan fingerprint density at radius 3 is 2.90 bits per heavy atom. The minimum Gasteiger partial charge on any atom is -0.338 e. The van der Waals surface area contributed by atoms with Gasteiger partial charge in [-0.2, -0.15) is 0 Å². The zero-order valence-corrected chi connectivity index (χ0v) is 14.2. The fourth-order valence-corrected chi connectivity index (χ4v) is 2.93. The quantitative estimate of drug-likeness (QED) is 0.897. The van der Waals surface area contributed by atoms with Crippen molar-refractivity contribution in [1.29, 1.82) is 0 Å². The van der Waals surface area contributed by atoms with Crippen molar-refractivity contribution in [3.8, 4) is 0 Å². The van der Waals surface area contributed by atoms with Crippen LogP contribution < -0.4 is 5.73 Å². The van der Waals surface area contributed by atoms with Crippen LogP contribution in [0.1, 0.15) is 35.2 Å². The highest BCUT2D eigenvalue weighted by Crippen LogP contribution is 2.22. The van der Waals surface area contributed by atoms with Crippen molar-refractivity contribution < 1.29 is 4.79 Å². The molecule has 0 radical (unpaired) electrons. The minimum absolute atomic E-state index is 0. The van der Waals surface area contributed by atoms with Crippen LogP contribution in [0.5, 0.6) is 0 Å². The van der Waals surface area contributed by atoms with Gasteiger partial charge < -0.3 is 10.6 Å². The average molecular weight is 362 g/mol. The van der Waals surface area contributed by atoms with Gasteiger partial charge in [0, 0.05) is 23.1 Å². The SMILES string of the molecule is Cc1cc(C(=O)N2CCCC(CCN)C2)ccc1Br.Cl. The molecule has 1 atom stereocenters. The Bertz CT molecular complexity index is 465. The predicted molar refractivity (Wildman–Crippen MR) is 88.4 cm³/mol. The molecule has 3 nitrogen and oxygen atoms in total. The van der Waals surface area contributed by atoms with Crippen molar-refractivity contribution in [3.05, 3.63) is 33.8 Å². The lowest BCUT2D eigenvalue weighted by molar-refractivity contribution is 0.0669. The van der Waals surface area contributed by atoms with E-state index in [1.807, 2.05) is 30.0 Å². The molecule has 0 aromatic heterocycles. The molecule has 1 fully saturated rings. The second-order valence-corrected chi connectivity index (χ2v) is 6.16. The molecule has 20 heavy (non-hydrogen) atoms. The van der Waals surface area contributed by atoms with Crippen molar-refractivity contribution in [2.45, 2.75) is 26.2 Å². The van der Waals surface area contributed by atoms with E-state index >= 15 is 0 Å². The molecule has 1 aliphatic heterocycles. The predicted octanol–water partition coefficient (Wildman–Crippen LogP) is 3.38. The summed E-state index contributed by atoms with van der Waals surface area (Å²) in [5.74, 6) is 0.719. The van der Waals surface area contributed by atoms with Crippen molar-refractivity contribution in [2.75, 3.05) is 19.6 Å². The van der Waals surface area contributed by atoms with Crippen LogP contribution in [0.3, 0.4) is 0 Å². The molecule has 2 rings (SSSR count). The standard InChI is InChI=1S/C15H21BrN2O.ClH/c1-11-9-13(4-5-14(11)16)15(19)18-8-2-3-12(10-18)6-7-17;/h4-5,9,12H,2-3,6-8,10,17H2,1H3;1H.